The standard InChI is InChI=1S/C12H12N6O2/c19-11(9-6-14-12(20)15-9)16-10-5-8(17-18-10)7-1-3-13-4-2-7/h1-5,9H,6H2,(H2,14,15,20)(H2,16,17,18,19)/t9-/m0/s1. The third-order valence-electron chi connectivity index (χ3n) is 2.91. The number of pyridine rings is 1. The Labute approximate surface area is 114 Å². The van der Waals surface area contributed by atoms with Crippen LogP contribution in [0.15, 0.2) is 30.6 Å². The summed E-state index contributed by atoms with van der Waals surface area (Å²) in [5, 5.41) is 14.5. The lowest BCUT2D eigenvalue weighted by Gasteiger charge is -2.06. The number of hydrogen-bond acceptors (Lipinski definition) is 4. The first-order valence-corrected chi connectivity index (χ1v) is 6.03. The molecular formula is C12H12N6O2. The van der Waals surface area contributed by atoms with Gasteiger partial charge in [0.2, 0.25) is 5.91 Å². The number of hydrogen-bond donors (Lipinski definition) is 4. The second-order valence-electron chi connectivity index (χ2n) is 4.30. The second-order valence-corrected chi connectivity index (χ2v) is 4.30. The summed E-state index contributed by atoms with van der Waals surface area (Å²) in [5.74, 6) is 0.0964. The van der Waals surface area contributed by atoms with Gasteiger partial charge in [0.15, 0.2) is 5.82 Å². The van der Waals surface area contributed by atoms with Crippen molar-refractivity contribution in [1.29, 1.82) is 0 Å². The number of urea groups is 1. The fraction of sp³-hybridized carbons (Fsp3) is 0.167. The van der Waals surface area contributed by atoms with Crippen LogP contribution in [0.3, 0.4) is 0 Å². The number of carbonyl (C=O) groups is 2. The Morgan fingerprint density at radius 1 is 1.35 bits per heavy atom. The van der Waals surface area contributed by atoms with Crippen molar-refractivity contribution < 1.29 is 9.59 Å². The lowest BCUT2D eigenvalue weighted by Crippen LogP contribution is -2.38. The van der Waals surface area contributed by atoms with E-state index in [0.29, 0.717) is 5.82 Å². The highest BCUT2D eigenvalue weighted by molar-refractivity contribution is 5.98. The van der Waals surface area contributed by atoms with Crippen LogP contribution in [-0.2, 0) is 4.79 Å². The second kappa shape index (κ2) is 5.00. The third-order valence-corrected chi connectivity index (χ3v) is 2.91. The van der Waals surface area contributed by atoms with Gasteiger partial charge >= 0.3 is 6.03 Å². The normalized spacial score (nSPS) is 17.4. The maximum atomic E-state index is 11.9. The number of nitrogens with zero attached hydrogens (tertiary/aromatic N) is 2. The van der Waals surface area contributed by atoms with Crippen molar-refractivity contribution in [3.63, 3.8) is 0 Å². The Bertz CT molecular complexity index is 638. The number of carbonyl (C=O) groups excluding carboxylic acids is 2. The Balaban J connectivity index is 1.68. The molecule has 1 saturated heterocycles. The molecule has 0 aromatic carbocycles. The molecule has 0 spiro atoms. The first-order chi connectivity index (χ1) is 9.72. The molecule has 8 nitrogen and oxygen atoms in total. The molecule has 2 aromatic rings. The predicted octanol–water partition coefficient (Wildman–Crippen LogP) is 0.0916. The molecule has 20 heavy (non-hydrogen) atoms. The summed E-state index contributed by atoms with van der Waals surface area (Å²) in [7, 11) is 0. The van der Waals surface area contributed by atoms with Gasteiger partial charge in [-0.15, -0.1) is 0 Å². The maximum absolute atomic E-state index is 11.9. The van der Waals surface area contributed by atoms with Gasteiger partial charge in [-0.3, -0.25) is 14.9 Å². The molecule has 102 valence electrons. The minimum absolute atomic E-state index is 0.270. The Morgan fingerprint density at radius 2 is 2.15 bits per heavy atom. The molecule has 0 aliphatic carbocycles. The van der Waals surface area contributed by atoms with Gasteiger partial charge < -0.3 is 16.0 Å². The van der Waals surface area contributed by atoms with Crippen LogP contribution in [-0.4, -0.2) is 39.7 Å². The van der Waals surface area contributed by atoms with Crippen molar-refractivity contribution in [3.8, 4) is 11.3 Å². The summed E-state index contributed by atoms with van der Waals surface area (Å²) in [6.07, 6.45) is 3.35. The summed E-state index contributed by atoms with van der Waals surface area (Å²) in [4.78, 5) is 26.8. The number of anilines is 1. The van der Waals surface area contributed by atoms with E-state index in [-0.39, 0.29) is 18.5 Å². The van der Waals surface area contributed by atoms with Crippen LogP contribution in [0.2, 0.25) is 0 Å². The maximum Gasteiger partial charge on any atom is 0.315 e. The fourth-order valence-electron chi connectivity index (χ4n) is 1.89. The van der Waals surface area contributed by atoms with Gasteiger partial charge in [0.05, 0.1) is 5.69 Å². The first kappa shape index (κ1) is 12.2. The molecule has 0 bridgehead atoms. The monoisotopic (exact) mass is 272 g/mol. The number of aromatic nitrogens is 3. The Morgan fingerprint density at radius 3 is 2.85 bits per heavy atom. The van der Waals surface area contributed by atoms with E-state index < -0.39 is 6.04 Å². The molecule has 0 saturated carbocycles. The van der Waals surface area contributed by atoms with Crippen LogP contribution in [0, 0.1) is 0 Å². The lowest BCUT2D eigenvalue weighted by atomic mass is 10.2. The van der Waals surface area contributed by atoms with E-state index in [9.17, 15) is 9.59 Å². The zero-order valence-electron chi connectivity index (χ0n) is 10.4. The highest BCUT2D eigenvalue weighted by atomic mass is 16.2. The van der Waals surface area contributed by atoms with Crippen LogP contribution in [0.1, 0.15) is 0 Å². The molecule has 2 aromatic heterocycles. The average Bonchev–Trinajstić information content (AvgIpc) is 3.09. The van der Waals surface area contributed by atoms with Crippen molar-refractivity contribution in [3.05, 3.63) is 30.6 Å². The van der Waals surface area contributed by atoms with E-state index in [4.69, 9.17) is 0 Å². The molecule has 1 aliphatic heterocycles. The van der Waals surface area contributed by atoms with Crippen LogP contribution in [0.25, 0.3) is 11.3 Å². The van der Waals surface area contributed by atoms with E-state index in [0.717, 1.165) is 11.3 Å². The SMILES string of the molecule is O=C1NC[C@@H](C(=O)Nc2cc(-c3ccncc3)[nH]n2)N1. The highest BCUT2D eigenvalue weighted by Gasteiger charge is 2.27. The molecule has 3 rings (SSSR count). The van der Waals surface area contributed by atoms with E-state index in [1.165, 1.54) is 0 Å². The molecule has 0 unspecified atom stereocenters. The van der Waals surface area contributed by atoms with Crippen molar-refractivity contribution in [2.75, 3.05) is 11.9 Å². The summed E-state index contributed by atoms with van der Waals surface area (Å²) in [6.45, 7) is 0.270. The fourth-order valence-corrected chi connectivity index (χ4v) is 1.89. The molecule has 3 heterocycles. The lowest BCUT2D eigenvalue weighted by molar-refractivity contribution is -0.117. The third kappa shape index (κ3) is 2.44. The van der Waals surface area contributed by atoms with E-state index >= 15 is 0 Å². The van der Waals surface area contributed by atoms with Crippen LogP contribution >= 0.6 is 0 Å². The van der Waals surface area contributed by atoms with Gasteiger partial charge in [0.1, 0.15) is 6.04 Å². The minimum atomic E-state index is -0.580. The van der Waals surface area contributed by atoms with Gasteiger partial charge in [-0.1, -0.05) is 0 Å². The number of rotatable bonds is 3. The van der Waals surface area contributed by atoms with Crippen molar-refractivity contribution in [2.24, 2.45) is 0 Å². The molecular weight excluding hydrogens is 260 g/mol. The van der Waals surface area contributed by atoms with Crippen molar-refractivity contribution in [2.45, 2.75) is 6.04 Å². The molecule has 1 aliphatic rings. The summed E-state index contributed by atoms with van der Waals surface area (Å²) >= 11 is 0. The van der Waals surface area contributed by atoms with E-state index in [1.54, 1.807) is 18.5 Å². The van der Waals surface area contributed by atoms with E-state index in [2.05, 4.69) is 31.1 Å². The molecule has 3 amide bonds. The minimum Gasteiger partial charge on any atom is -0.336 e. The zero-order chi connectivity index (χ0) is 13.9. The van der Waals surface area contributed by atoms with Crippen molar-refractivity contribution >= 4 is 17.8 Å². The molecule has 1 fully saturated rings. The van der Waals surface area contributed by atoms with Crippen molar-refractivity contribution in [1.82, 2.24) is 25.8 Å². The molecule has 8 heteroatoms. The Kier molecular flexibility index (Phi) is 3.04. The van der Waals surface area contributed by atoms with E-state index in [1.807, 2.05) is 12.1 Å². The molecule has 0 radical (unpaired) electrons. The number of H-pyrrole nitrogens is 1. The van der Waals surface area contributed by atoms with Gasteiger partial charge in [0.25, 0.3) is 0 Å². The Hall–Kier alpha value is -2.90. The van der Waals surface area contributed by atoms with Crippen LogP contribution in [0.4, 0.5) is 10.6 Å². The molecule has 1 atom stereocenters. The predicted molar refractivity (Wildman–Crippen MR) is 70.8 cm³/mol. The van der Waals surface area contributed by atoms with Gasteiger partial charge in [-0.25, -0.2) is 4.79 Å². The topological polar surface area (TPSA) is 112 Å². The number of nitrogens with one attached hydrogen (secondary N) is 4. The highest BCUT2D eigenvalue weighted by Crippen LogP contribution is 2.18. The summed E-state index contributed by atoms with van der Waals surface area (Å²) in [6, 6.07) is 4.46. The van der Waals surface area contributed by atoms with Gasteiger partial charge in [-0.05, 0) is 12.1 Å². The average molecular weight is 272 g/mol. The quantitative estimate of drug-likeness (QED) is 0.634. The smallest absolute Gasteiger partial charge is 0.315 e. The van der Waals surface area contributed by atoms with Gasteiger partial charge in [-0.2, -0.15) is 5.10 Å². The molecule has 4 N–H and O–H groups in total. The van der Waals surface area contributed by atoms with Crippen LogP contribution in [0.5, 0.6) is 0 Å². The van der Waals surface area contributed by atoms with Gasteiger partial charge in [0, 0.05) is 30.6 Å². The zero-order valence-corrected chi connectivity index (χ0v) is 10.4. The summed E-state index contributed by atoms with van der Waals surface area (Å²) < 4.78 is 0. The largest absolute Gasteiger partial charge is 0.336 e. The summed E-state index contributed by atoms with van der Waals surface area (Å²) in [5.41, 5.74) is 1.69. The first-order valence-electron chi connectivity index (χ1n) is 6.03. The van der Waals surface area contributed by atoms with Crippen LogP contribution < -0.4 is 16.0 Å². The number of aromatic amines is 1. The number of amides is 3.